The second-order valence-corrected chi connectivity index (χ2v) is 12.4. The summed E-state index contributed by atoms with van der Waals surface area (Å²) in [7, 11) is -1.56. The van der Waals surface area contributed by atoms with E-state index >= 15 is 0 Å². The van der Waals surface area contributed by atoms with Gasteiger partial charge in [0.1, 0.15) is 28.5 Å². The first kappa shape index (κ1) is 24.1. The molecule has 1 aliphatic heterocycles. The Morgan fingerprint density at radius 1 is 1.24 bits per heavy atom. The fourth-order valence-corrected chi connectivity index (χ4v) is 7.21. The summed E-state index contributed by atoms with van der Waals surface area (Å²) >= 11 is 7.98. The maximum absolute atomic E-state index is 12.8. The number of ketones is 2. The maximum atomic E-state index is 12.8. The van der Waals surface area contributed by atoms with Crippen molar-refractivity contribution in [1.29, 1.82) is 0 Å². The number of carbonyl (C=O) groups is 2. The molecular formula is C22H26ClN3O5S2. The van der Waals surface area contributed by atoms with Crippen LogP contribution in [0.4, 0.5) is 5.69 Å². The number of aromatic hydroxyl groups is 1. The first-order valence-corrected chi connectivity index (χ1v) is 13.9. The zero-order valence-corrected chi connectivity index (χ0v) is 20.9. The molecule has 33 heavy (non-hydrogen) atoms. The van der Waals surface area contributed by atoms with Gasteiger partial charge in [-0.1, -0.05) is 11.6 Å². The Kier molecular flexibility index (Phi) is 6.82. The van der Waals surface area contributed by atoms with Crippen LogP contribution in [0.3, 0.4) is 0 Å². The van der Waals surface area contributed by atoms with Crippen molar-refractivity contribution < 1.29 is 23.3 Å². The van der Waals surface area contributed by atoms with E-state index in [0.717, 1.165) is 30.1 Å². The molecule has 1 aromatic carbocycles. The Balaban J connectivity index is 1.61. The second-order valence-electron chi connectivity index (χ2n) is 8.23. The largest absolute Gasteiger partial charge is 0.504 e. The van der Waals surface area contributed by atoms with Gasteiger partial charge in [-0.15, -0.1) is 0 Å². The van der Waals surface area contributed by atoms with Gasteiger partial charge >= 0.3 is 0 Å². The summed E-state index contributed by atoms with van der Waals surface area (Å²) in [5.41, 5.74) is 0.158. The van der Waals surface area contributed by atoms with Crippen molar-refractivity contribution in [3.05, 3.63) is 40.8 Å². The number of Topliss-reactive ketones (excluding diaryl/α,β-unsaturated/α-hetero) is 2. The summed E-state index contributed by atoms with van der Waals surface area (Å²) in [6.07, 6.45) is 3.42. The van der Waals surface area contributed by atoms with Gasteiger partial charge in [0.05, 0.1) is 26.5 Å². The molecule has 2 fully saturated rings. The average Bonchev–Trinajstić information content (AvgIpc) is 3.46. The summed E-state index contributed by atoms with van der Waals surface area (Å²) in [5.74, 6) is 1.06. The maximum Gasteiger partial charge on any atom is 0.224 e. The number of hydrogen-bond donors (Lipinski definition) is 3. The van der Waals surface area contributed by atoms with Crippen LogP contribution >= 0.6 is 23.4 Å². The molecule has 5 atom stereocenters. The molecular weight excluding hydrogens is 486 g/mol. The normalized spacial score (nSPS) is 25.4. The van der Waals surface area contributed by atoms with Crippen molar-refractivity contribution >= 4 is 50.3 Å². The quantitative estimate of drug-likeness (QED) is 0.381. The fourth-order valence-electron chi connectivity index (χ4n) is 4.17. The van der Waals surface area contributed by atoms with E-state index in [9.17, 15) is 18.9 Å². The topological polar surface area (TPSA) is 121 Å². The Morgan fingerprint density at radius 2 is 1.97 bits per heavy atom. The number of nitrogens with zero attached hydrogens (tertiary/aromatic N) is 1. The molecule has 8 nitrogen and oxygen atoms in total. The van der Waals surface area contributed by atoms with Gasteiger partial charge in [-0.2, -0.15) is 11.8 Å². The van der Waals surface area contributed by atoms with Crippen molar-refractivity contribution in [2.24, 2.45) is 4.36 Å². The predicted octanol–water partition coefficient (Wildman–Crippen LogP) is 3.56. The number of anilines is 1. The van der Waals surface area contributed by atoms with E-state index in [1.807, 2.05) is 30.8 Å². The van der Waals surface area contributed by atoms with Crippen LogP contribution in [0.5, 0.6) is 5.75 Å². The fraction of sp³-hybridized carbons (Fsp3) is 0.455. The third kappa shape index (κ3) is 4.53. The summed E-state index contributed by atoms with van der Waals surface area (Å²) < 4.78 is 22.5. The van der Waals surface area contributed by atoms with Gasteiger partial charge in [0.2, 0.25) is 11.6 Å². The highest BCUT2D eigenvalue weighted by molar-refractivity contribution is 8.00. The number of aryl methyl sites for hydroxylation is 1. The van der Waals surface area contributed by atoms with Gasteiger partial charge in [0, 0.05) is 18.6 Å². The summed E-state index contributed by atoms with van der Waals surface area (Å²) in [6, 6.07) is 4.80. The van der Waals surface area contributed by atoms with Crippen molar-refractivity contribution in [1.82, 2.24) is 5.32 Å². The van der Waals surface area contributed by atoms with E-state index in [4.69, 9.17) is 16.0 Å². The summed E-state index contributed by atoms with van der Waals surface area (Å²) in [6.45, 7) is 1.86. The molecule has 1 saturated carbocycles. The zero-order chi connectivity index (χ0) is 23.9. The molecule has 11 heteroatoms. The van der Waals surface area contributed by atoms with Crippen LogP contribution < -0.4 is 10.6 Å². The van der Waals surface area contributed by atoms with E-state index in [-0.39, 0.29) is 32.6 Å². The molecule has 0 bridgehead atoms. The van der Waals surface area contributed by atoms with Gasteiger partial charge in [0.15, 0.2) is 5.75 Å². The lowest BCUT2D eigenvalue weighted by molar-refractivity contribution is -0.145. The molecule has 0 radical (unpaired) electrons. The van der Waals surface area contributed by atoms with Gasteiger partial charge in [-0.25, -0.2) is 8.57 Å². The van der Waals surface area contributed by atoms with Crippen LogP contribution in [-0.2, 0) is 19.3 Å². The molecule has 1 saturated heterocycles. The highest BCUT2D eigenvalue weighted by Crippen LogP contribution is 2.40. The minimum absolute atomic E-state index is 0.00873. The average molecular weight is 512 g/mol. The summed E-state index contributed by atoms with van der Waals surface area (Å²) in [5, 5.41) is 17.4. The Bertz CT molecular complexity index is 1210. The molecule has 3 unspecified atom stereocenters. The van der Waals surface area contributed by atoms with Crippen LogP contribution in [0.25, 0.3) is 0 Å². The minimum atomic E-state index is -2.94. The van der Waals surface area contributed by atoms with Crippen LogP contribution in [0, 0.1) is 6.92 Å². The minimum Gasteiger partial charge on any atom is -0.504 e. The van der Waals surface area contributed by atoms with E-state index in [0.29, 0.717) is 0 Å². The van der Waals surface area contributed by atoms with Gasteiger partial charge in [0.25, 0.3) is 0 Å². The Hall–Kier alpha value is -2.01. The molecule has 3 N–H and O–H groups in total. The molecule has 0 spiro atoms. The molecule has 1 aliphatic carbocycles. The first-order valence-electron chi connectivity index (χ1n) is 10.5. The van der Waals surface area contributed by atoms with E-state index in [1.165, 1.54) is 25.4 Å². The third-order valence-corrected chi connectivity index (χ3v) is 9.78. The molecule has 0 amide bonds. The lowest BCUT2D eigenvalue weighted by Gasteiger charge is -2.38. The molecule has 1 aromatic heterocycles. The van der Waals surface area contributed by atoms with Crippen molar-refractivity contribution in [3.63, 3.8) is 0 Å². The smallest absolute Gasteiger partial charge is 0.224 e. The zero-order valence-electron chi connectivity index (χ0n) is 18.5. The summed E-state index contributed by atoms with van der Waals surface area (Å²) in [4.78, 5) is 25.0. The number of thioether (sulfide) groups is 1. The van der Waals surface area contributed by atoms with Gasteiger partial charge in [-0.05, 0) is 49.8 Å². The number of hydrogen-bond acceptors (Lipinski definition) is 9. The SMILES string of the molecule is CN=S(C)(=O)c1c(Cl)ccc(NC2C(=O)C(=O)C2N[C@@H](c2ccc(C)o2)[C@H]2CCCS2)c1O. The first-order chi connectivity index (χ1) is 15.6. The third-order valence-electron chi connectivity index (χ3n) is 6.03. The number of furan rings is 1. The molecule has 178 valence electrons. The Labute approximate surface area is 202 Å². The van der Waals surface area contributed by atoms with Crippen molar-refractivity contribution in [2.75, 3.05) is 24.4 Å². The number of benzene rings is 1. The van der Waals surface area contributed by atoms with Crippen LogP contribution in [0.1, 0.15) is 30.4 Å². The number of nitrogens with one attached hydrogen (secondary N) is 2. The van der Waals surface area contributed by atoms with Crippen LogP contribution in [-0.4, -0.2) is 57.3 Å². The van der Waals surface area contributed by atoms with Crippen molar-refractivity contribution in [2.45, 2.75) is 48.0 Å². The standard InChI is InChI=1S/C22H26ClN3O5S2/c1-11-6-9-14(31-11)16(15-5-4-10-32-15)26-18-17(20(28)21(18)29)25-13-8-7-12(23)22(19(13)27)33(3,30)24-2/h6-9,15-18,25-27H,4-5,10H2,1-3H3/t15-,16+,17?,18?,33?/m1/s1. The van der Waals surface area contributed by atoms with E-state index in [1.54, 1.807) is 0 Å². The second kappa shape index (κ2) is 9.32. The molecule has 2 heterocycles. The number of carbonyl (C=O) groups excluding carboxylic acids is 2. The number of rotatable bonds is 7. The van der Waals surface area contributed by atoms with E-state index < -0.39 is 33.4 Å². The van der Waals surface area contributed by atoms with Crippen LogP contribution in [0.15, 0.2) is 37.9 Å². The Morgan fingerprint density at radius 3 is 2.58 bits per heavy atom. The highest BCUT2D eigenvalue weighted by atomic mass is 35.5. The van der Waals surface area contributed by atoms with Gasteiger partial charge in [-0.3, -0.25) is 14.9 Å². The molecule has 2 aliphatic rings. The number of phenolic OH excluding ortho intramolecular Hbond substituents is 1. The number of halogens is 1. The van der Waals surface area contributed by atoms with Crippen molar-refractivity contribution in [3.8, 4) is 5.75 Å². The molecule has 4 rings (SSSR count). The molecule has 2 aromatic rings. The number of phenols is 1. The predicted molar refractivity (Wildman–Crippen MR) is 130 cm³/mol. The van der Waals surface area contributed by atoms with Crippen LogP contribution in [0.2, 0.25) is 5.02 Å². The van der Waals surface area contributed by atoms with E-state index in [2.05, 4.69) is 15.0 Å². The highest BCUT2D eigenvalue weighted by Gasteiger charge is 2.51. The van der Waals surface area contributed by atoms with Gasteiger partial charge < -0.3 is 14.8 Å². The monoisotopic (exact) mass is 511 g/mol. The lowest BCUT2D eigenvalue weighted by Crippen LogP contribution is -2.68. The lowest BCUT2D eigenvalue weighted by atomic mass is 9.82.